The maximum Gasteiger partial charge on any atom is 0.271 e. The average molecular weight is 485 g/mol. The zero-order valence-corrected chi connectivity index (χ0v) is 21.6. The van der Waals surface area contributed by atoms with Crippen LogP contribution in [-0.4, -0.2) is 45.5 Å². The quantitative estimate of drug-likeness (QED) is 0.459. The minimum atomic E-state index is -0.130. The first-order valence-corrected chi connectivity index (χ1v) is 12.0. The Balaban J connectivity index is 1.55. The maximum absolute atomic E-state index is 13.2. The molecule has 2 N–H and O–H groups in total. The van der Waals surface area contributed by atoms with Crippen LogP contribution in [0.4, 0.5) is 17.3 Å². The van der Waals surface area contributed by atoms with Gasteiger partial charge in [0, 0.05) is 41.9 Å². The predicted octanol–water partition coefficient (Wildman–Crippen LogP) is 5.48. The Hall–Kier alpha value is -4.20. The number of nitrogens with zero attached hydrogens (tertiary/aromatic N) is 4. The third-order valence-electron chi connectivity index (χ3n) is 6.59. The maximum atomic E-state index is 13.2. The molecule has 1 unspecified atom stereocenters. The van der Waals surface area contributed by atoms with E-state index in [-0.39, 0.29) is 11.9 Å². The topological polar surface area (TPSA) is 92.3 Å². The summed E-state index contributed by atoms with van der Waals surface area (Å²) in [5.74, 6) is 0.970. The van der Waals surface area contributed by atoms with Crippen molar-refractivity contribution in [2.45, 2.75) is 40.7 Å². The number of carbonyl (C=O) groups excluding carboxylic acids is 1. The molecule has 186 valence electrons. The number of aromatic nitrogens is 3. The highest BCUT2D eigenvalue weighted by atomic mass is 16.5. The zero-order chi connectivity index (χ0) is 25.8. The molecular formula is C28H32N6O2. The molecule has 0 aliphatic carbocycles. The van der Waals surface area contributed by atoms with Crippen LogP contribution in [0.3, 0.4) is 0 Å². The normalized spacial score (nSPS) is 15.4. The molecule has 1 amide bonds. The summed E-state index contributed by atoms with van der Waals surface area (Å²) in [6.07, 6.45) is 7.04. The molecule has 1 atom stereocenters. The van der Waals surface area contributed by atoms with Crippen molar-refractivity contribution in [2.75, 3.05) is 24.3 Å². The minimum Gasteiger partial charge on any atom is -0.495 e. The summed E-state index contributed by atoms with van der Waals surface area (Å²) in [4.78, 5) is 28.6. The number of pyridine rings is 1. The number of carbonyl (C=O) groups is 1. The van der Waals surface area contributed by atoms with Gasteiger partial charge >= 0.3 is 0 Å². The van der Waals surface area contributed by atoms with E-state index in [9.17, 15) is 4.79 Å². The molecule has 0 radical (unpaired) electrons. The lowest BCUT2D eigenvalue weighted by Crippen LogP contribution is -2.40. The molecule has 2 aromatic heterocycles. The van der Waals surface area contributed by atoms with Gasteiger partial charge in [0.2, 0.25) is 5.95 Å². The summed E-state index contributed by atoms with van der Waals surface area (Å²) >= 11 is 0. The van der Waals surface area contributed by atoms with Gasteiger partial charge in [-0.3, -0.25) is 9.78 Å². The summed E-state index contributed by atoms with van der Waals surface area (Å²) in [6.45, 7) is 11.1. The number of anilines is 3. The third-order valence-corrected chi connectivity index (χ3v) is 6.59. The largest absolute Gasteiger partial charge is 0.495 e. The van der Waals surface area contributed by atoms with Crippen molar-refractivity contribution in [3.63, 3.8) is 0 Å². The number of methoxy groups -OCH3 is 1. The fourth-order valence-electron chi connectivity index (χ4n) is 4.21. The van der Waals surface area contributed by atoms with Gasteiger partial charge in [0.05, 0.1) is 19.0 Å². The van der Waals surface area contributed by atoms with E-state index in [1.807, 2.05) is 43.3 Å². The number of hydrogen-bond donors (Lipinski definition) is 2. The number of allylic oxidation sites excluding steroid dienone is 2. The summed E-state index contributed by atoms with van der Waals surface area (Å²) in [6, 6.07) is 9.63. The second kappa shape index (κ2) is 10.6. The van der Waals surface area contributed by atoms with Crippen molar-refractivity contribution >= 4 is 23.2 Å². The molecule has 3 aromatic rings. The first kappa shape index (κ1) is 24.9. The SMILES string of the molecule is CCN1C(C(=O)Nc2ccc(C)c(Nc3nccc(-c4cncc(OC)c4)n3)c2)=CC(C)=C(C)C1C. The number of amides is 1. The first-order chi connectivity index (χ1) is 17.3. The van der Waals surface area contributed by atoms with Crippen LogP contribution >= 0.6 is 0 Å². The molecule has 0 fully saturated rings. The first-order valence-electron chi connectivity index (χ1n) is 12.0. The number of nitrogens with one attached hydrogen (secondary N) is 2. The van der Waals surface area contributed by atoms with Gasteiger partial charge in [-0.25, -0.2) is 9.97 Å². The molecule has 1 aromatic carbocycles. The second-order valence-electron chi connectivity index (χ2n) is 8.85. The summed E-state index contributed by atoms with van der Waals surface area (Å²) in [7, 11) is 1.60. The van der Waals surface area contributed by atoms with Crippen LogP contribution in [0, 0.1) is 6.92 Å². The Kier molecular flexibility index (Phi) is 7.33. The van der Waals surface area contributed by atoms with Gasteiger partial charge < -0.3 is 20.3 Å². The predicted molar refractivity (Wildman–Crippen MR) is 143 cm³/mol. The standard InChI is InChI=1S/C28H32N6O2/c1-7-34-20(5)19(4)18(3)12-26(34)27(35)31-22-9-8-17(2)25(14-22)33-28-30-11-10-24(32-28)21-13-23(36-6)16-29-15-21/h8-16,20H,7H2,1-6H3,(H,31,35)(H,30,32,33). The fraction of sp³-hybridized carbons (Fsp3) is 0.286. The zero-order valence-electron chi connectivity index (χ0n) is 21.6. The van der Waals surface area contributed by atoms with Crippen molar-refractivity contribution in [1.82, 2.24) is 19.9 Å². The number of rotatable bonds is 7. The Morgan fingerprint density at radius 3 is 2.69 bits per heavy atom. The lowest BCUT2D eigenvalue weighted by atomic mass is 9.97. The van der Waals surface area contributed by atoms with Crippen LogP contribution in [0.2, 0.25) is 0 Å². The molecular weight excluding hydrogens is 452 g/mol. The average Bonchev–Trinajstić information content (AvgIpc) is 2.89. The van der Waals surface area contributed by atoms with Crippen molar-refractivity contribution in [3.05, 3.63) is 77.4 Å². The monoisotopic (exact) mass is 484 g/mol. The molecule has 0 spiro atoms. The van der Waals surface area contributed by atoms with E-state index < -0.39 is 0 Å². The van der Waals surface area contributed by atoms with Gasteiger partial charge in [-0.05, 0) is 81.7 Å². The summed E-state index contributed by atoms with van der Waals surface area (Å²) in [5.41, 5.74) is 7.12. The van der Waals surface area contributed by atoms with Crippen molar-refractivity contribution in [3.8, 4) is 17.0 Å². The van der Waals surface area contributed by atoms with Gasteiger partial charge in [0.1, 0.15) is 11.4 Å². The van der Waals surface area contributed by atoms with Gasteiger partial charge in [-0.1, -0.05) is 6.07 Å². The van der Waals surface area contributed by atoms with E-state index in [1.165, 1.54) is 5.57 Å². The van der Waals surface area contributed by atoms with E-state index in [0.717, 1.165) is 34.6 Å². The van der Waals surface area contributed by atoms with Crippen LogP contribution < -0.4 is 15.4 Å². The fourth-order valence-corrected chi connectivity index (χ4v) is 4.21. The molecule has 0 saturated heterocycles. The van der Waals surface area contributed by atoms with Crippen molar-refractivity contribution in [1.29, 1.82) is 0 Å². The van der Waals surface area contributed by atoms with Gasteiger partial charge in [-0.2, -0.15) is 0 Å². The van der Waals surface area contributed by atoms with Gasteiger partial charge in [-0.15, -0.1) is 0 Å². The highest BCUT2D eigenvalue weighted by Crippen LogP contribution is 2.29. The molecule has 36 heavy (non-hydrogen) atoms. The molecule has 8 nitrogen and oxygen atoms in total. The van der Waals surface area contributed by atoms with Gasteiger partial charge in [0.25, 0.3) is 5.91 Å². The molecule has 1 aliphatic heterocycles. The molecule has 0 saturated carbocycles. The number of aryl methyl sites for hydroxylation is 1. The highest BCUT2D eigenvalue weighted by molar-refractivity contribution is 6.04. The van der Waals surface area contributed by atoms with Crippen LogP contribution in [0.25, 0.3) is 11.3 Å². The Morgan fingerprint density at radius 2 is 1.94 bits per heavy atom. The number of ether oxygens (including phenoxy) is 1. The highest BCUT2D eigenvalue weighted by Gasteiger charge is 2.26. The Bertz CT molecular complexity index is 1350. The van der Waals surface area contributed by atoms with E-state index in [1.54, 1.807) is 25.7 Å². The van der Waals surface area contributed by atoms with Crippen LogP contribution in [-0.2, 0) is 4.79 Å². The smallest absolute Gasteiger partial charge is 0.271 e. The van der Waals surface area contributed by atoms with E-state index in [0.29, 0.717) is 23.1 Å². The molecule has 1 aliphatic rings. The second-order valence-corrected chi connectivity index (χ2v) is 8.85. The lowest BCUT2D eigenvalue weighted by molar-refractivity contribution is -0.114. The van der Waals surface area contributed by atoms with Crippen LogP contribution in [0.5, 0.6) is 5.75 Å². The molecule has 0 bridgehead atoms. The summed E-state index contributed by atoms with van der Waals surface area (Å²) < 4.78 is 5.27. The molecule has 4 rings (SSSR count). The number of hydrogen-bond acceptors (Lipinski definition) is 7. The van der Waals surface area contributed by atoms with Gasteiger partial charge in [0.15, 0.2) is 0 Å². The van der Waals surface area contributed by atoms with Crippen molar-refractivity contribution in [2.24, 2.45) is 0 Å². The van der Waals surface area contributed by atoms with E-state index in [4.69, 9.17) is 4.74 Å². The molecule has 8 heteroatoms. The number of likely N-dealkylation sites (N-methyl/N-ethyl adjacent to an activating group) is 1. The third kappa shape index (κ3) is 5.22. The molecule has 3 heterocycles. The Morgan fingerprint density at radius 1 is 1.14 bits per heavy atom. The van der Waals surface area contributed by atoms with Crippen molar-refractivity contribution < 1.29 is 9.53 Å². The number of benzene rings is 1. The van der Waals surface area contributed by atoms with Crippen LogP contribution in [0.15, 0.2) is 71.8 Å². The minimum absolute atomic E-state index is 0.130. The van der Waals surface area contributed by atoms with E-state index >= 15 is 0 Å². The Labute approximate surface area is 212 Å². The van der Waals surface area contributed by atoms with E-state index in [2.05, 4.69) is 58.2 Å². The lowest BCUT2D eigenvalue weighted by Gasteiger charge is -2.36. The van der Waals surface area contributed by atoms with Crippen LogP contribution in [0.1, 0.15) is 33.3 Å². The summed E-state index contributed by atoms with van der Waals surface area (Å²) in [5, 5.41) is 6.35.